The van der Waals surface area contributed by atoms with Crippen LogP contribution < -0.4 is 15.5 Å². The van der Waals surface area contributed by atoms with E-state index in [-0.39, 0.29) is 5.91 Å². The Morgan fingerprint density at radius 1 is 1.03 bits per heavy atom. The Labute approximate surface area is 169 Å². The van der Waals surface area contributed by atoms with Gasteiger partial charge in [-0.05, 0) is 57.4 Å². The van der Waals surface area contributed by atoms with Gasteiger partial charge in [0.2, 0.25) is 5.95 Å². The van der Waals surface area contributed by atoms with E-state index in [2.05, 4.69) is 30.7 Å². The quantitative estimate of drug-likeness (QED) is 0.676. The van der Waals surface area contributed by atoms with Crippen molar-refractivity contribution in [1.82, 2.24) is 15.1 Å². The number of carbonyl (C=O) groups excluding carboxylic acids is 1. The van der Waals surface area contributed by atoms with Crippen LogP contribution >= 0.6 is 0 Å². The number of benzene rings is 1. The van der Waals surface area contributed by atoms with Gasteiger partial charge in [0.25, 0.3) is 5.91 Å². The topological polar surface area (TPSA) is 96.2 Å². The number of nitrogens with one attached hydrogen (secondary N) is 2. The summed E-state index contributed by atoms with van der Waals surface area (Å²) in [6, 6.07) is 9.43. The second-order valence-electron chi connectivity index (χ2n) is 7.19. The highest BCUT2D eigenvalue weighted by molar-refractivity contribution is 6.04. The van der Waals surface area contributed by atoms with Crippen LogP contribution in [0.25, 0.3) is 0 Å². The SMILES string of the molecule is Cc1cc(N2CCCCC2)nc(Nc2ccc(NC(=O)c3cnoc3C)cc2)n1. The molecule has 1 fully saturated rings. The average molecular weight is 392 g/mol. The van der Waals surface area contributed by atoms with Crippen LogP contribution in [0.2, 0.25) is 0 Å². The van der Waals surface area contributed by atoms with E-state index in [0.29, 0.717) is 23.0 Å². The van der Waals surface area contributed by atoms with Crippen molar-refractivity contribution in [1.29, 1.82) is 0 Å². The lowest BCUT2D eigenvalue weighted by molar-refractivity contribution is 0.102. The summed E-state index contributed by atoms with van der Waals surface area (Å²) in [5, 5.41) is 9.72. The zero-order valence-electron chi connectivity index (χ0n) is 16.6. The van der Waals surface area contributed by atoms with Crippen LogP contribution in [0.5, 0.6) is 0 Å². The number of carbonyl (C=O) groups is 1. The van der Waals surface area contributed by atoms with Gasteiger partial charge in [0.1, 0.15) is 17.1 Å². The van der Waals surface area contributed by atoms with Gasteiger partial charge in [-0.15, -0.1) is 0 Å². The minimum atomic E-state index is -0.252. The summed E-state index contributed by atoms with van der Waals surface area (Å²) in [4.78, 5) is 23.7. The highest BCUT2D eigenvalue weighted by Crippen LogP contribution is 2.22. The zero-order valence-corrected chi connectivity index (χ0v) is 16.6. The van der Waals surface area contributed by atoms with Crippen molar-refractivity contribution in [3.63, 3.8) is 0 Å². The standard InChI is InChI=1S/C21H24N6O2/c1-14-12-19(27-10-4-3-5-11-27)26-21(23-14)25-17-8-6-16(7-9-17)24-20(28)18-13-22-29-15(18)2/h6-9,12-13H,3-5,10-11H2,1-2H3,(H,24,28)(H,23,25,26). The third-order valence-corrected chi connectivity index (χ3v) is 4.92. The zero-order chi connectivity index (χ0) is 20.2. The summed E-state index contributed by atoms with van der Waals surface area (Å²) in [6.45, 7) is 5.76. The lowest BCUT2D eigenvalue weighted by Gasteiger charge is -2.28. The Hall–Kier alpha value is -3.42. The van der Waals surface area contributed by atoms with Gasteiger partial charge in [0.15, 0.2) is 0 Å². The fourth-order valence-corrected chi connectivity index (χ4v) is 3.37. The van der Waals surface area contributed by atoms with E-state index in [0.717, 1.165) is 30.3 Å². The van der Waals surface area contributed by atoms with Crippen LogP contribution in [-0.4, -0.2) is 34.1 Å². The smallest absolute Gasteiger partial charge is 0.260 e. The molecule has 1 aromatic carbocycles. The third kappa shape index (κ3) is 4.53. The lowest BCUT2D eigenvalue weighted by Crippen LogP contribution is -2.30. The molecule has 1 aliphatic heterocycles. The normalized spacial score (nSPS) is 13.9. The fraction of sp³-hybridized carbons (Fsp3) is 0.333. The number of hydrogen-bond donors (Lipinski definition) is 2. The largest absolute Gasteiger partial charge is 0.361 e. The minimum absolute atomic E-state index is 0.252. The van der Waals surface area contributed by atoms with Crippen LogP contribution in [0.3, 0.4) is 0 Å². The first-order valence-electron chi connectivity index (χ1n) is 9.79. The molecule has 1 saturated heterocycles. The molecule has 0 radical (unpaired) electrons. The van der Waals surface area contributed by atoms with Gasteiger partial charge in [-0.25, -0.2) is 4.98 Å². The predicted molar refractivity (Wildman–Crippen MR) is 112 cm³/mol. The number of nitrogens with zero attached hydrogens (tertiary/aromatic N) is 4. The Bertz CT molecular complexity index is 993. The monoisotopic (exact) mass is 392 g/mol. The Morgan fingerprint density at radius 3 is 2.45 bits per heavy atom. The summed E-state index contributed by atoms with van der Waals surface area (Å²) < 4.78 is 4.93. The number of piperidine rings is 1. The molecule has 2 aromatic heterocycles. The molecule has 8 heteroatoms. The van der Waals surface area contributed by atoms with Crippen molar-refractivity contribution in [3.8, 4) is 0 Å². The van der Waals surface area contributed by atoms with Gasteiger partial charge in [0, 0.05) is 36.2 Å². The molecule has 0 unspecified atom stereocenters. The van der Waals surface area contributed by atoms with Gasteiger partial charge in [-0.1, -0.05) is 5.16 Å². The molecule has 0 aliphatic carbocycles. The molecule has 150 valence electrons. The van der Waals surface area contributed by atoms with Crippen molar-refractivity contribution < 1.29 is 9.32 Å². The van der Waals surface area contributed by atoms with E-state index >= 15 is 0 Å². The van der Waals surface area contributed by atoms with Gasteiger partial charge in [0.05, 0.1) is 6.20 Å². The van der Waals surface area contributed by atoms with E-state index < -0.39 is 0 Å². The lowest BCUT2D eigenvalue weighted by atomic mass is 10.1. The Balaban J connectivity index is 1.44. The molecule has 1 aliphatic rings. The van der Waals surface area contributed by atoms with Crippen LogP contribution in [0.4, 0.5) is 23.1 Å². The number of anilines is 4. The molecule has 0 bridgehead atoms. The molecule has 0 spiro atoms. The van der Waals surface area contributed by atoms with Crippen molar-refractivity contribution >= 4 is 29.0 Å². The highest BCUT2D eigenvalue weighted by atomic mass is 16.5. The number of amides is 1. The summed E-state index contributed by atoms with van der Waals surface area (Å²) >= 11 is 0. The first-order chi connectivity index (χ1) is 14.1. The predicted octanol–water partition coefficient (Wildman–Crippen LogP) is 4.07. The number of hydrogen-bond acceptors (Lipinski definition) is 7. The summed E-state index contributed by atoms with van der Waals surface area (Å²) in [5.41, 5.74) is 2.88. The molecule has 4 rings (SSSR count). The maximum atomic E-state index is 12.2. The van der Waals surface area contributed by atoms with Crippen LogP contribution in [0.1, 0.15) is 41.1 Å². The molecular weight excluding hydrogens is 368 g/mol. The van der Waals surface area contributed by atoms with E-state index in [1.807, 2.05) is 37.3 Å². The van der Waals surface area contributed by atoms with Crippen molar-refractivity contribution in [2.24, 2.45) is 0 Å². The van der Waals surface area contributed by atoms with Gasteiger partial charge >= 0.3 is 0 Å². The third-order valence-electron chi connectivity index (χ3n) is 4.92. The first-order valence-corrected chi connectivity index (χ1v) is 9.79. The summed E-state index contributed by atoms with van der Waals surface area (Å²) in [6.07, 6.45) is 5.10. The summed E-state index contributed by atoms with van der Waals surface area (Å²) in [5.74, 6) is 1.77. The Kier molecular flexibility index (Phi) is 5.41. The van der Waals surface area contributed by atoms with Crippen molar-refractivity contribution in [3.05, 3.63) is 53.5 Å². The van der Waals surface area contributed by atoms with Crippen LogP contribution in [0, 0.1) is 13.8 Å². The molecule has 29 heavy (non-hydrogen) atoms. The molecule has 2 N–H and O–H groups in total. The van der Waals surface area contributed by atoms with Crippen molar-refractivity contribution in [2.45, 2.75) is 33.1 Å². The van der Waals surface area contributed by atoms with Gasteiger partial charge in [-0.2, -0.15) is 4.98 Å². The number of aromatic nitrogens is 3. The summed E-state index contributed by atoms with van der Waals surface area (Å²) in [7, 11) is 0. The molecule has 3 heterocycles. The first kappa shape index (κ1) is 18.9. The Morgan fingerprint density at radius 2 is 1.76 bits per heavy atom. The maximum absolute atomic E-state index is 12.2. The molecule has 0 saturated carbocycles. The van der Waals surface area contributed by atoms with Crippen molar-refractivity contribution in [2.75, 3.05) is 28.6 Å². The van der Waals surface area contributed by atoms with E-state index in [1.165, 1.54) is 25.5 Å². The van der Waals surface area contributed by atoms with E-state index in [9.17, 15) is 4.79 Å². The van der Waals surface area contributed by atoms with Gasteiger partial charge in [-0.3, -0.25) is 4.79 Å². The molecule has 1 amide bonds. The molecule has 3 aromatic rings. The van der Waals surface area contributed by atoms with E-state index in [4.69, 9.17) is 4.52 Å². The maximum Gasteiger partial charge on any atom is 0.260 e. The van der Waals surface area contributed by atoms with Gasteiger partial charge < -0.3 is 20.1 Å². The van der Waals surface area contributed by atoms with E-state index in [1.54, 1.807) is 6.92 Å². The average Bonchev–Trinajstić information content (AvgIpc) is 3.16. The minimum Gasteiger partial charge on any atom is -0.361 e. The number of aryl methyl sites for hydroxylation is 2. The van der Waals surface area contributed by atoms with Crippen LogP contribution in [-0.2, 0) is 0 Å². The number of rotatable bonds is 5. The fourth-order valence-electron chi connectivity index (χ4n) is 3.37. The molecule has 0 atom stereocenters. The highest BCUT2D eigenvalue weighted by Gasteiger charge is 2.15. The second-order valence-corrected chi connectivity index (χ2v) is 7.19. The molecular formula is C21H24N6O2. The molecule has 8 nitrogen and oxygen atoms in total. The second kappa shape index (κ2) is 8.30. The van der Waals surface area contributed by atoms with Crippen LogP contribution in [0.15, 0.2) is 41.1 Å².